The standard InChI is InChI=1S/C12H18N4O2S2/c1-2-19-12-15-9(8-20-12)7-10(17)13-3-5-16-6-4-14-11(16)18/h8H,2-7H2,1H3,(H,13,17)(H,14,18). The third kappa shape index (κ3) is 4.38. The molecule has 3 amide bonds. The molecule has 0 unspecified atom stereocenters. The quantitative estimate of drug-likeness (QED) is 0.735. The molecular formula is C12H18N4O2S2. The number of aromatic nitrogens is 1. The molecule has 0 atom stereocenters. The van der Waals surface area contributed by atoms with E-state index in [9.17, 15) is 9.59 Å². The maximum atomic E-state index is 11.8. The molecule has 2 N–H and O–H groups in total. The van der Waals surface area contributed by atoms with Gasteiger partial charge in [0.2, 0.25) is 5.91 Å². The average Bonchev–Trinajstić information content (AvgIpc) is 3.00. The summed E-state index contributed by atoms with van der Waals surface area (Å²) in [6.45, 7) is 4.49. The first-order valence-electron chi connectivity index (χ1n) is 6.55. The number of hydrogen-bond acceptors (Lipinski definition) is 5. The monoisotopic (exact) mass is 314 g/mol. The molecule has 0 spiro atoms. The lowest BCUT2D eigenvalue weighted by molar-refractivity contribution is -0.120. The van der Waals surface area contributed by atoms with Crippen LogP contribution in [0.2, 0.25) is 0 Å². The van der Waals surface area contributed by atoms with Crippen LogP contribution in [0.3, 0.4) is 0 Å². The Labute approximate surface area is 126 Å². The fourth-order valence-electron chi connectivity index (χ4n) is 1.84. The lowest BCUT2D eigenvalue weighted by Crippen LogP contribution is -2.37. The number of carbonyl (C=O) groups is 2. The van der Waals surface area contributed by atoms with E-state index in [-0.39, 0.29) is 11.9 Å². The number of thiazole rings is 1. The molecule has 20 heavy (non-hydrogen) atoms. The van der Waals surface area contributed by atoms with Gasteiger partial charge in [0.25, 0.3) is 0 Å². The molecule has 0 bridgehead atoms. The van der Waals surface area contributed by atoms with Gasteiger partial charge in [0, 0.05) is 31.6 Å². The van der Waals surface area contributed by atoms with Gasteiger partial charge in [-0.05, 0) is 5.75 Å². The number of hydrogen-bond donors (Lipinski definition) is 2. The third-order valence-corrected chi connectivity index (χ3v) is 4.74. The van der Waals surface area contributed by atoms with E-state index in [4.69, 9.17) is 0 Å². The largest absolute Gasteiger partial charge is 0.354 e. The number of urea groups is 1. The van der Waals surface area contributed by atoms with Crippen molar-refractivity contribution in [3.8, 4) is 0 Å². The number of rotatable bonds is 7. The van der Waals surface area contributed by atoms with Gasteiger partial charge in [0.05, 0.1) is 12.1 Å². The molecule has 1 saturated heterocycles. The summed E-state index contributed by atoms with van der Waals surface area (Å²) in [4.78, 5) is 29.1. The smallest absolute Gasteiger partial charge is 0.317 e. The topological polar surface area (TPSA) is 74.3 Å². The van der Waals surface area contributed by atoms with E-state index < -0.39 is 0 Å². The number of nitrogens with one attached hydrogen (secondary N) is 2. The molecule has 6 nitrogen and oxygen atoms in total. The lowest BCUT2D eigenvalue weighted by Gasteiger charge is -2.13. The van der Waals surface area contributed by atoms with Crippen LogP contribution in [0.4, 0.5) is 4.79 Å². The van der Waals surface area contributed by atoms with Crippen molar-refractivity contribution in [3.63, 3.8) is 0 Å². The molecule has 0 saturated carbocycles. The molecule has 1 aliphatic rings. The minimum atomic E-state index is -0.0556. The normalized spacial score (nSPS) is 14.4. The van der Waals surface area contributed by atoms with Gasteiger partial charge < -0.3 is 15.5 Å². The van der Waals surface area contributed by atoms with Crippen LogP contribution in [0.25, 0.3) is 0 Å². The van der Waals surface area contributed by atoms with Gasteiger partial charge in [-0.3, -0.25) is 4.79 Å². The summed E-state index contributed by atoms with van der Waals surface area (Å²) in [7, 11) is 0. The number of carbonyl (C=O) groups excluding carboxylic acids is 2. The second-order valence-corrected chi connectivity index (χ2v) is 6.65. The molecule has 0 aromatic carbocycles. The van der Waals surface area contributed by atoms with Crippen LogP contribution in [0, 0.1) is 0 Å². The van der Waals surface area contributed by atoms with Crippen molar-refractivity contribution < 1.29 is 9.59 Å². The van der Waals surface area contributed by atoms with E-state index in [1.807, 2.05) is 5.38 Å². The Morgan fingerprint density at radius 3 is 3.20 bits per heavy atom. The summed E-state index contributed by atoms with van der Waals surface area (Å²) < 4.78 is 1.00. The Morgan fingerprint density at radius 1 is 1.65 bits per heavy atom. The minimum Gasteiger partial charge on any atom is -0.354 e. The number of thioether (sulfide) groups is 1. The Kier molecular flexibility index (Phi) is 5.66. The highest BCUT2D eigenvalue weighted by molar-refractivity contribution is 8.00. The van der Waals surface area contributed by atoms with E-state index in [0.717, 1.165) is 15.8 Å². The summed E-state index contributed by atoms with van der Waals surface area (Å²) in [6, 6.07) is -0.0556. The zero-order valence-electron chi connectivity index (χ0n) is 11.3. The van der Waals surface area contributed by atoms with Crippen molar-refractivity contribution >= 4 is 35.0 Å². The molecule has 1 aliphatic heterocycles. The summed E-state index contributed by atoms with van der Waals surface area (Å²) in [5, 5.41) is 7.46. The Hall–Kier alpha value is -1.28. The van der Waals surface area contributed by atoms with Crippen LogP contribution >= 0.6 is 23.1 Å². The van der Waals surface area contributed by atoms with Crippen molar-refractivity contribution in [1.29, 1.82) is 0 Å². The maximum absolute atomic E-state index is 11.8. The molecule has 0 aliphatic carbocycles. The maximum Gasteiger partial charge on any atom is 0.317 e. The molecule has 2 rings (SSSR count). The minimum absolute atomic E-state index is 0.0528. The zero-order chi connectivity index (χ0) is 14.4. The second-order valence-electron chi connectivity index (χ2n) is 4.28. The van der Waals surface area contributed by atoms with Gasteiger partial charge in [0.15, 0.2) is 0 Å². The van der Waals surface area contributed by atoms with Crippen LogP contribution in [0.1, 0.15) is 12.6 Å². The third-order valence-electron chi connectivity index (χ3n) is 2.79. The van der Waals surface area contributed by atoms with Crippen molar-refractivity contribution in [3.05, 3.63) is 11.1 Å². The molecule has 1 aromatic rings. The van der Waals surface area contributed by atoms with Gasteiger partial charge >= 0.3 is 6.03 Å². The Morgan fingerprint density at radius 2 is 2.50 bits per heavy atom. The van der Waals surface area contributed by atoms with Crippen LogP contribution in [-0.4, -0.2) is 53.8 Å². The summed E-state index contributed by atoms with van der Waals surface area (Å²) in [5.74, 6) is 0.930. The van der Waals surface area contributed by atoms with E-state index >= 15 is 0 Å². The summed E-state index contributed by atoms with van der Waals surface area (Å²) in [5.41, 5.74) is 0.808. The van der Waals surface area contributed by atoms with Crippen molar-refractivity contribution in [2.24, 2.45) is 0 Å². The fourth-order valence-corrected chi connectivity index (χ4v) is 3.58. The molecule has 1 aromatic heterocycles. The Bertz CT molecular complexity index is 478. The highest BCUT2D eigenvalue weighted by Crippen LogP contribution is 2.22. The highest BCUT2D eigenvalue weighted by atomic mass is 32.2. The molecule has 110 valence electrons. The van der Waals surface area contributed by atoms with E-state index in [1.165, 1.54) is 0 Å². The molecular weight excluding hydrogens is 296 g/mol. The first-order chi connectivity index (χ1) is 9.69. The zero-order valence-corrected chi connectivity index (χ0v) is 13.0. The van der Waals surface area contributed by atoms with Gasteiger partial charge in [-0.25, -0.2) is 9.78 Å². The summed E-state index contributed by atoms with van der Waals surface area (Å²) in [6.07, 6.45) is 0.299. The summed E-state index contributed by atoms with van der Waals surface area (Å²) >= 11 is 3.25. The fraction of sp³-hybridized carbons (Fsp3) is 0.583. The highest BCUT2D eigenvalue weighted by Gasteiger charge is 2.18. The van der Waals surface area contributed by atoms with Gasteiger partial charge in [0.1, 0.15) is 4.34 Å². The van der Waals surface area contributed by atoms with E-state index in [1.54, 1.807) is 28.0 Å². The van der Waals surface area contributed by atoms with Crippen LogP contribution in [-0.2, 0) is 11.2 Å². The van der Waals surface area contributed by atoms with E-state index in [2.05, 4.69) is 22.5 Å². The van der Waals surface area contributed by atoms with E-state index in [0.29, 0.717) is 32.6 Å². The van der Waals surface area contributed by atoms with Gasteiger partial charge in [-0.15, -0.1) is 11.3 Å². The van der Waals surface area contributed by atoms with Crippen molar-refractivity contribution in [2.75, 3.05) is 31.9 Å². The Balaban J connectivity index is 1.68. The predicted octanol–water partition coefficient (Wildman–Crippen LogP) is 0.939. The first-order valence-corrected chi connectivity index (χ1v) is 8.42. The van der Waals surface area contributed by atoms with Crippen LogP contribution in [0.5, 0.6) is 0 Å². The number of amides is 3. The second kappa shape index (κ2) is 7.49. The average molecular weight is 314 g/mol. The SMILES string of the molecule is CCSc1nc(CC(=O)NCCN2CCNC2=O)cs1. The molecule has 8 heteroatoms. The first kappa shape index (κ1) is 15.1. The van der Waals surface area contributed by atoms with Gasteiger partial charge in [-0.2, -0.15) is 0 Å². The number of nitrogens with zero attached hydrogens (tertiary/aromatic N) is 2. The molecule has 1 fully saturated rings. The van der Waals surface area contributed by atoms with Crippen LogP contribution in [0.15, 0.2) is 9.72 Å². The molecule has 2 heterocycles. The van der Waals surface area contributed by atoms with Gasteiger partial charge in [-0.1, -0.05) is 18.7 Å². The van der Waals surface area contributed by atoms with Crippen molar-refractivity contribution in [2.45, 2.75) is 17.7 Å². The van der Waals surface area contributed by atoms with Crippen LogP contribution < -0.4 is 10.6 Å². The lowest BCUT2D eigenvalue weighted by atomic mass is 10.3. The predicted molar refractivity (Wildman–Crippen MR) is 80.2 cm³/mol. The van der Waals surface area contributed by atoms with Crippen molar-refractivity contribution in [1.82, 2.24) is 20.5 Å². The molecule has 0 radical (unpaired) electrons.